The molecule has 2 nitrogen and oxygen atoms in total. The average molecular weight is 401 g/mol. The maximum absolute atomic E-state index is 6.36. The van der Waals surface area contributed by atoms with E-state index >= 15 is 0 Å². The summed E-state index contributed by atoms with van der Waals surface area (Å²) in [6.45, 7) is 10.9. The predicted octanol–water partition coefficient (Wildman–Crippen LogP) is 8.78. The second kappa shape index (κ2) is 20.9. The summed E-state index contributed by atoms with van der Waals surface area (Å²) in [5.41, 5.74) is 0. The lowest BCUT2D eigenvalue weighted by Gasteiger charge is -2.29. The van der Waals surface area contributed by atoms with Gasteiger partial charge in [-0.05, 0) is 24.9 Å². The van der Waals surface area contributed by atoms with Crippen LogP contribution >= 0.6 is 0 Å². The topological polar surface area (TPSA) is 18.5 Å². The Hall–Kier alpha value is 0.137. The van der Waals surface area contributed by atoms with Gasteiger partial charge in [0.15, 0.2) is 0 Å². The van der Waals surface area contributed by atoms with E-state index < -0.39 is 8.56 Å². The molecule has 0 bridgehead atoms. The van der Waals surface area contributed by atoms with Gasteiger partial charge in [-0.25, -0.2) is 0 Å². The average Bonchev–Trinajstić information content (AvgIpc) is 2.70. The Balaban J connectivity index is 3.66. The molecule has 0 aliphatic heterocycles. The van der Waals surface area contributed by atoms with Crippen molar-refractivity contribution in [1.82, 2.24) is 0 Å². The van der Waals surface area contributed by atoms with Crippen molar-refractivity contribution in [3.05, 3.63) is 0 Å². The lowest BCUT2D eigenvalue weighted by molar-refractivity contribution is 0.163. The van der Waals surface area contributed by atoms with E-state index in [2.05, 4.69) is 27.7 Å². The molecule has 0 spiro atoms. The first kappa shape index (κ1) is 27.1. The van der Waals surface area contributed by atoms with Gasteiger partial charge in [-0.2, -0.15) is 0 Å². The second-order valence-corrected chi connectivity index (χ2v) is 12.1. The lowest BCUT2D eigenvalue weighted by atomic mass is 10.1. The molecule has 0 aromatic carbocycles. The van der Waals surface area contributed by atoms with E-state index in [-0.39, 0.29) is 0 Å². The van der Waals surface area contributed by atoms with Gasteiger partial charge >= 0.3 is 8.56 Å². The van der Waals surface area contributed by atoms with E-state index in [0.717, 1.165) is 25.3 Å². The summed E-state index contributed by atoms with van der Waals surface area (Å²) in [5.74, 6) is 0. The standard InChI is InChI=1S/C24H52O2Si/c1-5-9-11-13-15-16-18-20-22-24-26-27(7-3,8-4)25-23-21-19-17-14-12-10-6-2/h5-24H2,1-4H3. The molecule has 0 aliphatic carbocycles. The Morgan fingerprint density at radius 1 is 0.407 bits per heavy atom. The third kappa shape index (κ3) is 16.8. The highest BCUT2D eigenvalue weighted by Crippen LogP contribution is 2.20. The van der Waals surface area contributed by atoms with Crippen molar-refractivity contribution in [2.24, 2.45) is 0 Å². The van der Waals surface area contributed by atoms with Crippen LogP contribution in [0.4, 0.5) is 0 Å². The molecule has 0 radical (unpaired) electrons. The van der Waals surface area contributed by atoms with Gasteiger partial charge in [-0.3, -0.25) is 0 Å². The van der Waals surface area contributed by atoms with Crippen LogP contribution < -0.4 is 0 Å². The highest BCUT2D eigenvalue weighted by Gasteiger charge is 2.33. The van der Waals surface area contributed by atoms with Crippen molar-refractivity contribution in [2.45, 2.75) is 143 Å². The van der Waals surface area contributed by atoms with Gasteiger partial charge in [0.1, 0.15) is 0 Å². The fourth-order valence-electron chi connectivity index (χ4n) is 3.69. The predicted molar refractivity (Wildman–Crippen MR) is 124 cm³/mol. The van der Waals surface area contributed by atoms with E-state index in [4.69, 9.17) is 8.85 Å². The van der Waals surface area contributed by atoms with Gasteiger partial charge in [-0.1, -0.05) is 118 Å². The highest BCUT2D eigenvalue weighted by molar-refractivity contribution is 6.67. The third-order valence-electron chi connectivity index (χ3n) is 5.80. The molecule has 0 aromatic heterocycles. The largest absolute Gasteiger partial charge is 0.394 e. The summed E-state index contributed by atoms with van der Waals surface area (Å²) in [4.78, 5) is 0. The van der Waals surface area contributed by atoms with Crippen LogP contribution in [0.5, 0.6) is 0 Å². The molecular formula is C24H52O2Si. The van der Waals surface area contributed by atoms with Gasteiger partial charge in [0, 0.05) is 13.2 Å². The molecule has 0 N–H and O–H groups in total. The van der Waals surface area contributed by atoms with Gasteiger partial charge in [0.2, 0.25) is 0 Å². The molecule has 0 aromatic rings. The van der Waals surface area contributed by atoms with E-state index in [1.165, 1.54) is 103 Å². The van der Waals surface area contributed by atoms with Crippen LogP contribution in [-0.4, -0.2) is 21.8 Å². The summed E-state index contributed by atoms with van der Waals surface area (Å²) in [6.07, 6.45) is 21.8. The minimum Gasteiger partial charge on any atom is -0.394 e. The maximum atomic E-state index is 6.36. The molecule has 0 saturated heterocycles. The number of unbranched alkanes of at least 4 members (excludes halogenated alkanes) is 14. The molecule has 0 unspecified atom stereocenters. The molecule has 0 saturated carbocycles. The molecule has 0 atom stereocenters. The first-order valence-electron chi connectivity index (χ1n) is 12.5. The van der Waals surface area contributed by atoms with E-state index in [1.54, 1.807) is 0 Å². The molecule has 0 aliphatic rings. The monoisotopic (exact) mass is 400 g/mol. The molecule has 0 heterocycles. The van der Waals surface area contributed by atoms with E-state index in [9.17, 15) is 0 Å². The second-order valence-electron chi connectivity index (χ2n) is 8.26. The van der Waals surface area contributed by atoms with Crippen LogP contribution in [0.1, 0.15) is 130 Å². The number of hydrogen-bond donors (Lipinski definition) is 0. The summed E-state index contributed by atoms with van der Waals surface area (Å²) in [5, 5.41) is 0. The van der Waals surface area contributed by atoms with Gasteiger partial charge in [0.25, 0.3) is 0 Å². The zero-order valence-electron chi connectivity index (χ0n) is 19.5. The van der Waals surface area contributed by atoms with Crippen molar-refractivity contribution in [3.8, 4) is 0 Å². The first-order chi connectivity index (χ1) is 13.2. The Morgan fingerprint density at radius 3 is 1.00 bits per heavy atom. The summed E-state index contributed by atoms with van der Waals surface area (Å²) in [7, 11) is -1.91. The van der Waals surface area contributed by atoms with Crippen molar-refractivity contribution < 1.29 is 8.85 Å². The fourth-order valence-corrected chi connectivity index (χ4v) is 6.12. The van der Waals surface area contributed by atoms with Crippen LogP contribution in [0, 0.1) is 0 Å². The van der Waals surface area contributed by atoms with Gasteiger partial charge in [-0.15, -0.1) is 0 Å². The first-order valence-corrected chi connectivity index (χ1v) is 14.8. The quantitative estimate of drug-likeness (QED) is 0.133. The maximum Gasteiger partial charge on any atom is 0.337 e. The number of hydrogen-bond acceptors (Lipinski definition) is 2. The van der Waals surface area contributed by atoms with Crippen molar-refractivity contribution in [2.75, 3.05) is 13.2 Å². The lowest BCUT2D eigenvalue weighted by Crippen LogP contribution is -2.41. The van der Waals surface area contributed by atoms with E-state index in [1.807, 2.05) is 0 Å². The molecule has 27 heavy (non-hydrogen) atoms. The van der Waals surface area contributed by atoms with Crippen molar-refractivity contribution in [3.63, 3.8) is 0 Å². The zero-order valence-corrected chi connectivity index (χ0v) is 20.5. The minimum atomic E-state index is -1.91. The Bertz CT molecular complexity index is 280. The zero-order chi connectivity index (χ0) is 20.1. The summed E-state index contributed by atoms with van der Waals surface area (Å²) < 4.78 is 12.7. The van der Waals surface area contributed by atoms with Crippen LogP contribution in [0.2, 0.25) is 12.1 Å². The number of rotatable bonds is 22. The van der Waals surface area contributed by atoms with Crippen LogP contribution in [0.15, 0.2) is 0 Å². The minimum absolute atomic E-state index is 0.916. The molecule has 0 rings (SSSR count). The SMILES string of the molecule is CCCCCCCCCCCO[Si](CC)(CC)OCCCCCCCCC. The van der Waals surface area contributed by atoms with Crippen LogP contribution in [0.3, 0.4) is 0 Å². The Labute approximate surface area is 173 Å². The highest BCUT2D eigenvalue weighted by atomic mass is 28.4. The Morgan fingerprint density at radius 2 is 0.704 bits per heavy atom. The normalized spacial score (nSPS) is 12.0. The van der Waals surface area contributed by atoms with Crippen LogP contribution in [0.25, 0.3) is 0 Å². The van der Waals surface area contributed by atoms with Gasteiger partial charge < -0.3 is 8.85 Å². The van der Waals surface area contributed by atoms with E-state index in [0.29, 0.717) is 0 Å². The smallest absolute Gasteiger partial charge is 0.337 e. The molecule has 0 fully saturated rings. The molecular weight excluding hydrogens is 348 g/mol. The molecule has 0 amide bonds. The molecule has 3 heteroatoms. The third-order valence-corrected chi connectivity index (χ3v) is 9.42. The van der Waals surface area contributed by atoms with Crippen molar-refractivity contribution >= 4 is 8.56 Å². The van der Waals surface area contributed by atoms with Crippen LogP contribution in [-0.2, 0) is 8.85 Å². The van der Waals surface area contributed by atoms with Crippen molar-refractivity contribution in [1.29, 1.82) is 0 Å². The Kier molecular flexibility index (Phi) is 21.0. The summed E-state index contributed by atoms with van der Waals surface area (Å²) >= 11 is 0. The molecule has 164 valence electrons. The fraction of sp³-hybridized carbons (Fsp3) is 1.00. The summed E-state index contributed by atoms with van der Waals surface area (Å²) in [6, 6.07) is 2.19. The van der Waals surface area contributed by atoms with Gasteiger partial charge in [0.05, 0.1) is 0 Å².